The van der Waals surface area contributed by atoms with Crippen molar-refractivity contribution in [1.82, 2.24) is 9.38 Å². The van der Waals surface area contributed by atoms with E-state index in [0.717, 1.165) is 17.1 Å². The van der Waals surface area contributed by atoms with Gasteiger partial charge in [0.2, 0.25) is 0 Å². The molecule has 3 nitrogen and oxygen atoms in total. The van der Waals surface area contributed by atoms with Crippen LogP contribution in [0, 0.1) is 0 Å². The Kier molecular flexibility index (Phi) is 2.92. The lowest BCUT2D eigenvalue weighted by molar-refractivity contribution is 0.342. The molecule has 21 heavy (non-hydrogen) atoms. The summed E-state index contributed by atoms with van der Waals surface area (Å²) in [7, 11) is 0. The molecule has 0 bridgehead atoms. The van der Waals surface area contributed by atoms with Gasteiger partial charge in [-0.2, -0.15) is 0 Å². The lowest BCUT2D eigenvalue weighted by atomic mass is 10.1. The van der Waals surface area contributed by atoms with Crippen LogP contribution >= 0.6 is 0 Å². The van der Waals surface area contributed by atoms with Crippen LogP contribution in [0.4, 0.5) is 0 Å². The summed E-state index contributed by atoms with van der Waals surface area (Å²) in [6.45, 7) is 2.65. The van der Waals surface area contributed by atoms with Crippen LogP contribution in [0.2, 0.25) is 0 Å². The number of imidazole rings is 1. The Morgan fingerprint density at radius 1 is 1.19 bits per heavy atom. The summed E-state index contributed by atoms with van der Waals surface area (Å²) in [6, 6.07) is 10.7. The fourth-order valence-electron chi connectivity index (χ4n) is 3.13. The van der Waals surface area contributed by atoms with Crippen molar-refractivity contribution >= 4 is 5.65 Å². The largest absolute Gasteiger partial charge is 0.490 e. The van der Waals surface area contributed by atoms with E-state index < -0.39 is 0 Å². The molecule has 0 unspecified atom stereocenters. The summed E-state index contributed by atoms with van der Waals surface area (Å²) in [5, 5.41) is 0. The van der Waals surface area contributed by atoms with Crippen LogP contribution < -0.4 is 4.74 Å². The van der Waals surface area contributed by atoms with Gasteiger partial charge in [0.25, 0.3) is 0 Å². The minimum Gasteiger partial charge on any atom is -0.490 e. The third-order valence-electron chi connectivity index (χ3n) is 4.14. The van der Waals surface area contributed by atoms with Crippen LogP contribution in [0.15, 0.2) is 42.7 Å². The normalized spacial score (nSPS) is 13.6. The zero-order valence-electron chi connectivity index (χ0n) is 12.2. The first-order chi connectivity index (χ1) is 10.3. The molecule has 4 rings (SSSR count). The van der Waals surface area contributed by atoms with Gasteiger partial charge in [-0.05, 0) is 55.5 Å². The average Bonchev–Trinajstić information content (AvgIpc) is 3.13. The molecular weight excluding hydrogens is 260 g/mol. The number of fused-ring (bicyclic) bond motifs is 2. The zero-order valence-corrected chi connectivity index (χ0v) is 12.2. The molecule has 0 fully saturated rings. The number of ether oxygens (including phenoxy) is 1. The second-order valence-electron chi connectivity index (χ2n) is 5.50. The number of hydrogen-bond donors (Lipinski definition) is 0. The van der Waals surface area contributed by atoms with Crippen LogP contribution in [0.5, 0.6) is 5.75 Å². The molecule has 2 heterocycles. The van der Waals surface area contributed by atoms with Gasteiger partial charge in [0.05, 0.1) is 12.3 Å². The summed E-state index contributed by atoms with van der Waals surface area (Å²) in [5.41, 5.74) is 6.07. The molecule has 0 atom stereocenters. The van der Waals surface area contributed by atoms with Gasteiger partial charge >= 0.3 is 0 Å². The van der Waals surface area contributed by atoms with Gasteiger partial charge in [-0.1, -0.05) is 12.1 Å². The van der Waals surface area contributed by atoms with Crippen molar-refractivity contribution in [2.24, 2.45) is 0 Å². The maximum atomic E-state index is 5.66. The van der Waals surface area contributed by atoms with Crippen LogP contribution in [-0.4, -0.2) is 16.0 Å². The summed E-state index contributed by atoms with van der Waals surface area (Å²) in [4.78, 5) is 4.76. The molecule has 0 saturated carbocycles. The number of benzene rings is 1. The van der Waals surface area contributed by atoms with Crippen molar-refractivity contribution in [2.45, 2.75) is 26.2 Å². The molecule has 0 N–H and O–H groups in total. The maximum Gasteiger partial charge on any atom is 0.180 e. The highest BCUT2D eigenvalue weighted by Crippen LogP contribution is 2.29. The van der Waals surface area contributed by atoms with Gasteiger partial charge in [-0.15, -0.1) is 0 Å². The molecule has 0 radical (unpaired) electrons. The first-order valence-corrected chi connectivity index (χ1v) is 7.58. The minimum absolute atomic E-state index is 0.653. The maximum absolute atomic E-state index is 5.66. The van der Waals surface area contributed by atoms with E-state index in [-0.39, 0.29) is 0 Å². The Balaban J connectivity index is 1.82. The quantitative estimate of drug-likeness (QED) is 0.726. The molecule has 2 aromatic heterocycles. The predicted octanol–water partition coefficient (Wildman–Crippen LogP) is 3.89. The third-order valence-corrected chi connectivity index (χ3v) is 4.14. The van der Waals surface area contributed by atoms with Crippen LogP contribution in [0.1, 0.15) is 24.5 Å². The minimum atomic E-state index is 0.653. The third kappa shape index (κ3) is 2.09. The van der Waals surface area contributed by atoms with Gasteiger partial charge in [0.1, 0.15) is 0 Å². The molecule has 106 valence electrons. The number of pyridine rings is 1. The van der Waals surface area contributed by atoms with E-state index >= 15 is 0 Å². The Morgan fingerprint density at radius 3 is 3.00 bits per heavy atom. The Labute approximate surface area is 124 Å². The SMILES string of the molecule is CCOc1cccn2cc(-c3ccc4c(c3)CCC4)nc12. The summed E-state index contributed by atoms with van der Waals surface area (Å²) in [6.07, 6.45) is 7.78. The van der Waals surface area contributed by atoms with Gasteiger partial charge in [-0.25, -0.2) is 4.98 Å². The highest BCUT2D eigenvalue weighted by Gasteiger charge is 2.13. The number of aromatic nitrogens is 2. The van der Waals surface area contributed by atoms with Crippen LogP contribution in [0.3, 0.4) is 0 Å². The van der Waals surface area contributed by atoms with Gasteiger partial charge in [0.15, 0.2) is 11.4 Å². The first-order valence-electron chi connectivity index (χ1n) is 7.58. The first kappa shape index (κ1) is 12.5. The second-order valence-corrected chi connectivity index (χ2v) is 5.50. The Bertz CT molecular complexity index is 804. The molecule has 1 aromatic carbocycles. The van der Waals surface area contributed by atoms with Crippen molar-refractivity contribution in [1.29, 1.82) is 0 Å². The van der Waals surface area contributed by atoms with E-state index in [4.69, 9.17) is 9.72 Å². The Morgan fingerprint density at radius 2 is 2.10 bits per heavy atom. The topological polar surface area (TPSA) is 26.5 Å². The second kappa shape index (κ2) is 4.92. The summed E-state index contributed by atoms with van der Waals surface area (Å²) < 4.78 is 7.69. The van der Waals surface area contributed by atoms with E-state index in [1.165, 1.54) is 36.0 Å². The standard InChI is InChI=1S/C18H18N2O/c1-2-21-17-7-4-10-20-12-16(19-18(17)20)15-9-8-13-5-3-6-14(13)11-15/h4,7-12H,2-3,5-6H2,1H3. The number of nitrogens with zero attached hydrogens (tertiary/aromatic N) is 2. The lowest BCUT2D eigenvalue weighted by Crippen LogP contribution is -1.94. The van der Waals surface area contributed by atoms with E-state index in [9.17, 15) is 0 Å². The predicted molar refractivity (Wildman–Crippen MR) is 83.8 cm³/mol. The molecule has 0 aliphatic heterocycles. The molecule has 1 aliphatic carbocycles. The lowest BCUT2D eigenvalue weighted by Gasteiger charge is -2.03. The van der Waals surface area contributed by atoms with E-state index in [0.29, 0.717) is 6.61 Å². The highest BCUT2D eigenvalue weighted by molar-refractivity contribution is 5.67. The zero-order chi connectivity index (χ0) is 14.2. The number of hydrogen-bond acceptors (Lipinski definition) is 2. The molecule has 0 amide bonds. The van der Waals surface area contributed by atoms with Gasteiger partial charge in [-0.3, -0.25) is 0 Å². The van der Waals surface area contributed by atoms with Crippen molar-refractivity contribution in [3.63, 3.8) is 0 Å². The monoisotopic (exact) mass is 278 g/mol. The van der Waals surface area contributed by atoms with Crippen LogP contribution in [-0.2, 0) is 12.8 Å². The molecule has 0 saturated heterocycles. The van der Waals surface area contributed by atoms with Gasteiger partial charge < -0.3 is 9.14 Å². The van der Waals surface area contributed by atoms with Crippen LogP contribution in [0.25, 0.3) is 16.9 Å². The van der Waals surface area contributed by atoms with E-state index in [2.05, 4.69) is 24.4 Å². The molecule has 1 aliphatic rings. The number of aryl methyl sites for hydroxylation is 2. The fourth-order valence-corrected chi connectivity index (χ4v) is 3.13. The molecule has 0 spiro atoms. The average molecular weight is 278 g/mol. The van der Waals surface area contributed by atoms with Crippen molar-refractivity contribution < 1.29 is 4.74 Å². The summed E-state index contributed by atoms with van der Waals surface area (Å²) in [5.74, 6) is 0.840. The van der Waals surface area contributed by atoms with Crippen molar-refractivity contribution in [3.8, 4) is 17.0 Å². The molecule has 3 aromatic rings. The van der Waals surface area contributed by atoms with E-state index in [1.807, 2.05) is 29.7 Å². The highest BCUT2D eigenvalue weighted by atomic mass is 16.5. The fraction of sp³-hybridized carbons (Fsp3) is 0.278. The molecular formula is C18H18N2O. The smallest absolute Gasteiger partial charge is 0.180 e. The van der Waals surface area contributed by atoms with Gasteiger partial charge in [0, 0.05) is 18.0 Å². The number of rotatable bonds is 3. The van der Waals surface area contributed by atoms with Crippen molar-refractivity contribution in [3.05, 3.63) is 53.9 Å². The Hall–Kier alpha value is -2.29. The van der Waals surface area contributed by atoms with E-state index in [1.54, 1.807) is 0 Å². The van der Waals surface area contributed by atoms with Crippen molar-refractivity contribution in [2.75, 3.05) is 6.61 Å². The summed E-state index contributed by atoms with van der Waals surface area (Å²) >= 11 is 0. The molecule has 3 heteroatoms.